The van der Waals surface area contributed by atoms with Crippen molar-refractivity contribution in [3.8, 4) is 11.5 Å². The number of anilines is 1. The second kappa shape index (κ2) is 9.55. The van der Waals surface area contributed by atoms with Crippen LogP contribution in [0.5, 0.6) is 0 Å². The summed E-state index contributed by atoms with van der Waals surface area (Å²) in [7, 11) is 0. The molecule has 2 N–H and O–H groups in total. The molecule has 4 aromatic rings. The number of aromatic nitrogens is 1. The first-order valence-corrected chi connectivity index (χ1v) is 11.5. The number of aryl methyl sites for hydroxylation is 2. The molecule has 6 heteroatoms. The number of nitrogens with zero attached hydrogens (tertiary/aromatic N) is 1. The Hall–Kier alpha value is -3.51. The number of oxazole rings is 1. The first-order valence-electron chi connectivity index (χ1n) is 11.1. The highest BCUT2D eigenvalue weighted by atomic mass is 32.1. The van der Waals surface area contributed by atoms with E-state index in [1.54, 1.807) is 12.1 Å². The highest BCUT2D eigenvalue weighted by Crippen LogP contribution is 2.29. The molecule has 0 radical (unpaired) electrons. The van der Waals surface area contributed by atoms with Crippen LogP contribution < -0.4 is 10.6 Å². The molecule has 0 aliphatic carbocycles. The fourth-order valence-corrected chi connectivity index (χ4v) is 3.74. The number of carbonyl (C=O) groups excluding carboxylic acids is 1. The molecule has 0 unspecified atom stereocenters. The first kappa shape index (κ1) is 22.7. The van der Waals surface area contributed by atoms with Gasteiger partial charge in [-0.2, -0.15) is 0 Å². The molecule has 0 atom stereocenters. The lowest BCUT2D eigenvalue weighted by Crippen LogP contribution is -2.34. The van der Waals surface area contributed by atoms with E-state index in [4.69, 9.17) is 16.6 Å². The van der Waals surface area contributed by atoms with Crippen molar-refractivity contribution in [1.82, 2.24) is 10.3 Å². The highest BCUT2D eigenvalue weighted by molar-refractivity contribution is 7.80. The first-order chi connectivity index (χ1) is 15.8. The Balaban J connectivity index is 1.51. The number of benzene rings is 3. The largest absolute Gasteiger partial charge is 0.436 e. The van der Waals surface area contributed by atoms with Gasteiger partial charge in [-0.25, -0.2) is 4.98 Å². The van der Waals surface area contributed by atoms with Crippen LogP contribution in [0.4, 0.5) is 5.69 Å². The van der Waals surface area contributed by atoms with E-state index in [-0.39, 0.29) is 11.0 Å². The van der Waals surface area contributed by atoms with Crippen LogP contribution in [-0.4, -0.2) is 16.0 Å². The minimum atomic E-state index is -0.246. The summed E-state index contributed by atoms with van der Waals surface area (Å²) in [5, 5.41) is 6.12. The van der Waals surface area contributed by atoms with Gasteiger partial charge in [0.1, 0.15) is 5.52 Å². The lowest BCUT2D eigenvalue weighted by molar-refractivity contribution is 0.0977. The predicted octanol–water partition coefficient (Wildman–Crippen LogP) is 6.62. The molecule has 0 fully saturated rings. The van der Waals surface area contributed by atoms with Gasteiger partial charge in [0, 0.05) is 16.8 Å². The maximum absolute atomic E-state index is 12.5. The standard InChI is InChI=1S/C27H27N3O2S/c1-5-18-7-10-19(11-8-18)25(31)30-27(33)29-22-15-21(9-6-17(22)4)26-28-23-14-20(16(2)3)12-13-24(23)32-26/h6-16H,5H2,1-4H3,(H2,29,30,31,33). The molecule has 1 aromatic heterocycles. The Bertz CT molecular complexity index is 1320. The number of carbonyl (C=O) groups is 1. The van der Waals surface area contributed by atoms with Crippen molar-refractivity contribution >= 4 is 40.0 Å². The van der Waals surface area contributed by atoms with Gasteiger partial charge in [0.25, 0.3) is 5.91 Å². The summed E-state index contributed by atoms with van der Waals surface area (Å²) in [6.45, 7) is 8.36. The molecule has 0 saturated heterocycles. The van der Waals surface area contributed by atoms with E-state index in [0.29, 0.717) is 17.4 Å². The molecule has 0 aliphatic heterocycles. The molecule has 1 amide bonds. The van der Waals surface area contributed by atoms with Crippen LogP contribution in [0.1, 0.15) is 53.7 Å². The van der Waals surface area contributed by atoms with Gasteiger partial charge >= 0.3 is 0 Å². The van der Waals surface area contributed by atoms with Gasteiger partial charge in [-0.3, -0.25) is 10.1 Å². The SMILES string of the molecule is CCc1ccc(C(=O)NC(=S)Nc2cc(-c3nc4cc(C(C)C)ccc4o3)ccc2C)cc1. The number of thiocarbonyl (C=S) groups is 1. The van der Waals surface area contributed by atoms with E-state index in [0.717, 1.165) is 34.3 Å². The predicted molar refractivity (Wildman–Crippen MR) is 138 cm³/mol. The van der Waals surface area contributed by atoms with Crippen molar-refractivity contribution < 1.29 is 9.21 Å². The Kier molecular flexibility index (Phi) is 6.56. The van der Waals surface area contributed by atoms with Gasteiger partial charge in [0.05, 0.1) is 0 Å². The minimum absolute atomic E-state index is 0.235. The van der Waals surface area contributed by atoms with Crippen molar-refractivity contribution in [2.24, 2.45) is 0 Å². The van der Waals surface area contributed by atoms with Crippen molar-refractivity contribution in [3.63, 3.8) is 0 Å². The normalized spacial score (nSPS) is 11.1. The van der Waals surface area contributed by atoms with Gasteiger partial charge in [-0.05, 0) is 84.6 Å². The van der Waals surface area contributed by atoms with E-state index in [1.807, 2.05) is 43.3 Å². The Morgan fingerprint density at radius 1 is 1.06 bits per heavy atom. The third-order valence-electron chi connectivity index (χ3n) is 5.66. The molecular formula is C27H27N3O2S. The second-order valence-electron chi connectivity index (χ2n) is 8.39. The fourth-order valence-electron chi connectivity index (χ4n) is 3.54. The molecule has 4 rings (SSSR count). The zero-order chi connectivity index (χ0) is 23.5. The molecule has 3 aromatic carbocycles. The fraction of sp³-hybridized carbons (Fsp3) is 0.222. The van der Waals surface area contributed by atoms with Crippen LogP contribution in [0, 0.1) is 6.92 Å². The highest BCUT2D eigenvalue weighted by Gasteiger charge is 2.13. The summed E-state index contributed by atoms with van der Waals surface area (Å²) in [4.78, 5) is 17.2. The summed E-state index contributed by atoms with van der Waals surface area (Å²) >= 11 is 5.39. The number of rotatable bonds is 5. The molecule has 0 spiro atoms. The van der Waals surface area contributed by atoms with E-state index in [9.17, 15) is 4.79 Å². The van der Waals surface area contributed by atoms with Crippen LogP contribution in [-0.2, 0) is 6.42 Å². The van der Waals surface area contributed by atoms with Crippen molar-refractivity contribution in [3.05, 3.63) is 82.9 Å². The van der Waals surface area contributed by atoms with Gasteiger partial charge < -0.3 is 9.73 Å². The third kappa shape index (κ3) is 5.12. The summed E-state index contributed by atoms with van der Waals surface area (Å²) in [6, 6.07) is 19.5. The average Bonchev–Trinajstić information content (AvgIpc) is 3.24. The summed E-state index contributed by atoms with van der Waals surface area (Å²) in [5.74, 6) is 0.717. The summed E-state index contributed by atoms with van der Waals surface area (Å²) in [5.41, 5.74) is 7.15. The zero-order valence-electron chi connectivity index (χ0n) is 19.2. The van der Waals surface area contributed by atoms with E-state index in [1.165, 1.54) is 11.1 Å². The summed E-state index contributed by atoms with van der Waals surface area (Å²) in [6.07, 6.45) is 0.927. The number of hydrogen-bond donors (Lipinski definition) is 2. The Morgan fingerprint density at radius 3 is 2.52 bits per heavy atom. The molecule has 33 heavy (non-hydrogen) atoms. The Labute approximate surface area is 199 Å². The monoisotopic (exact) mass is 457 g/mol. The number of fused-ring (bicyclic) bond motifs is 1. The molecule has 168 valence electrons. The van der Waals surface area contributed by atoms with Crippen LogP contribution in [0.2, 0.25) is 0 Å². The molecule has 0 bridgehead atoms. The van der Waals surface area contributed by atoms with Crippen molar-refractivity contribution in [2.75, 3.05) is 5.32 Å². The Morgan fingerprint density at radius 2 is 1.82 bits per heavy atom. The molecule has 0 saturated carbocycles. The minimum Gasteiger partial charge on any atom is -0.436 e. The number of nitrogens with one attached hydrogen (secondary N) is 2. The average molecular weight is 458 g/mol. The van der Waals surface area contributed by atoms with Gasteiger partial charge in [0.2, 0.25) is 5.89 Å². The lowest BCUT2D eigenvalue weighted by Gasteiger charge is -2.13. The van der Waals surface area contributed by atoms with Crippen LogP contribution >= 0.6 is 12.2 Å². The zero-order valence-corrected chi connectivity index (χ0v) is 20.0. The van der Waals surface area contributed by atoms with E-state index in [2.05, 4.69) is 48.5 Å². The topological polar surface area (TPSA) is 67.2 Å². The van der Waals surface area contributed by atoms with Crippen LogP contribution in [0.15, 0.2) is 65.1 Å². The lowest BCUT2D eigenvalue weighted by atomic mass is 10.0. The molecule has 0 aliphatic rings. The maximum Gasteiger partial charge on any atom is 0.257 e. The summed E-state index contributed by atoms with van der Waals surface area (Å²) < 4.78 is 5.99. The molecule has 1 heterocycles. The quantitative estimate of drug-likeness (QED) is 0.330. The smallest absolute Gasteiger partial charge is 0.257 e. The van der Waals surface area contributed by atoms with Gasteiger partial charge in [-0.1, -0.05) is 45.0 Å². The van der Waals surface area contributed by atoms with Gasteiger partial charge in [0.15, 0.2) is 10.7 Å². The second-order valence-corrected chi connectivity index (χ2v) is 8.80. The van der Waals surface area contributed by atoms with E-state index >= 15 is 0 Å². The number of amides is 1. The third-order valence-corrected chi connectivity index (χ3v) is 5.87. The molecular weight excluding hydrogens is 430 g/mol. The molecule has 5 nitrogen and oxygen atoms in total. The van der Waals surface area contributed by atoms with Gasteiger partial charge in [-0.15, -0.1) is 0 Å². The van der Waals surface area contributed by atoms with Crippen LogP contribution in [0.25, 0.3) is 22.6 Å². The maximum atomic E-state index is 12.5. The van der Waals surface area contributed by atoms with E-state index < -0.39 is 0 Å². The van der Waals surface area contributed by atoms with Crippen molar-refractivity contribution in [2.45, 2.75) is 40.0 Å². The van der Waals surface area contributed by atoms with Crippen LogP contribution in [0.3, 0.4) is 0 Å². The van der Waals surface area contributed by atoms with Crippen molar-refractivity contribution in [1.29, 1.82) is 0 Å². The number of hydrogen-bond acceptors (Lipinski definition) is 4.